The van der Waals surface area contributed by atoms with Crippen molar-refractivity contribution in [2.24, 2.45) is 0 Å². The third-order valence-electron chi connectivity index (χ3n) is 3.88. The van der Waals surface area contributed by atoms with Gasteiger partial charge in [-0.15, -0.1) is 0 Å². The van der Waals surface area contributed by atoms with E-state index in [0.717, 1.165) is 0 Å². The fourth-order valence-corrected chi connectivity index (χ4v) is 12.9. The van der Waals surface area contributed by atoms with E-state index in [-0.39, 0.29) is 12.7 Å². The van der Waals surface area contributed by atoms with E-state index in [1.165, 1.54) is 0 Å². The molecule has 1 heterocycles. The number of rotatable bonds is 13. The second-order valence-corrected chi connectivity index (χ2v) is 38.3. The molecule has 1 rings (SSSR count). The molecule has 8 nitrogen and oxygen atoms in total. The predicted molar refractivity (Wildman–Crippen MR) is 152 cm³/mol. The van der Waals surface area contributed by atoms with Gasteiger partial charge in [-0.25, -0.2) is 4.57 Å². The lowest BCUT2D eigenvalue weighted by Crippen LogP contribution is -2.50. The number of ether oxygens (including phenoxy) is 1. The molecule has 0 aromatic rings. The van der Waals surface area contributed by atoms with Crippen molar-refractivity contribution in [1.29, 1.82) is 0 Å². The van der Waals surface area contributed by atoms with E-state index in [1.54, 1.807) is 0 Å². The highest BCUT2D eigenvalue weighted by atomic mass is 31.2. The van der Waals surface area contributed by atoms with Gasteiger partial charge in [0.05, 0.1) is 6.61 Å². The minimum atomic E-state index is -3.78. The fourth-order valence-electron chi connectivity index (χ4n) is 3.26. The highest BCUT2D eigenvalue weighted by Gasteiger charge is 2.52. The Morgan fingerprint density at radius 1 is 0.588 bits per heavy atom. The lowest BCUT2D eigenvalue weighted by atomic mass is 10.1. The molecular formula is C20H51O8PSi5. The first-order valence-electron chi connectivity index (χ1n) is 12.1. The summed E-state index contributed by atoms with van der Waals surface area (Å²) in [5.41, 5.74) is 0. The molecular weight excluding hydrogens is 540 g/mol. The van der Waals surface area contributed by atoms with E-state index >= 15 is 0 Å². The molecule has 1 fully saturated rings. The van der Waals surface area contributed by atoms with Gasteiger partial charge in [0.15, 0.2) is 47.9 Å². The number of phosphoric acid groups is 1. The van der Waals surface area contributed by atoms with Crippen LogP contribution in [0.4, 0.5) is 0 Å². The maximum atomic E-state index is 13.7. The van der Waals surface area contributed by atoms with E-state index in [0.29, 0.717) is 0 Å². The van der Waals surface area contributed by atoms with Crippen LogP contribution in [0.5, 0.6) is 0 Å². The van der Waals surface area contributed by atoms with Gasteiger partial charge in [-0.1, -0.05) is 0 Å². The molecule has 1 aliphatic heterocycles. The Morgan fingerprint density at radius 3 is 1.32 bits per heavy atom. The summed E-state index contributed by atoms with van der Waals surface area (Å²) < 4.78 is 57.5. The van der Waals surface area contributed by atoms with Crippen molar-refractivity contribution in [3.63, 3.8) is 0 Å². The van der Waals surface area contributed by atoms with Crippen LogP contribution in [0, 0.1) is 0 Å². The maximum absolute atomic E-state index is 13.7. The first-order chi connectivity index (χ1) is 14.8. The molecule has 1 aliphatic rings. The van der Waals surface area contributed by atoms with E-state index in [2.05, 4.69) is 58.9 Å². The molecule has 34 heavy (non-hydrogen) atoms. The molecule has 14 heteroatoms. The molecule has 0 saturated carbocycles. The lowest BCUT2D eigenvalue weighted by Gasteiger charge is -2.35. The Kier molecular flexibility index (Phi) is 11.1. The first kappa shape index (κ1) is 33.1. The maximum Gasteiger partial charge on any atom is 0.455 e. The van der Waals surface area contributed by atoms with Crippen molar-refractivity contribution in [1.82, 2.24) is 0 Å². The van der Waals surface area contributed by atoms with Crippen LogP contribution in [0.15, 0.2) is 0 Å². The minimum Gasteiger partial charge on any atom is -0.409 e. The predicted octanol–water partition coefficient (Wildman–Crippen LogP) is 6.83. The average molecular weight is 591 g/mol. The van der Waals surface area contributed by atoms with E-state index in [9.17, 15) is 4.57 Å². The zero-order valence-corrected chi connectivity index (χ0v) is 30.1. The zero-order chi connectivity index (χ0) is 27.0. The molecule has 0 radical (unpaired) electrons. The van der Waals surface area contributed by atoms with Crippen LogP contribution in [0.3, 0.4) is 0 Å². The third-order valence-corrected chi connectivity index (χ3v) is 13.4. The molecule has 0 bridgehead atoms. The normalized spacial score (nSPS) is 25.7. The van der Waals surface area contributed by atoms with Gasteiger partial charge >= 0.3 is 7.82 Å². The van der Waals surface area contributed by atoms with Gasteiger partial charge in [0.25, 0.3) is 0 Å². The van der Waals surface area contributed by atoms with Gasteiger partial charge < -0.3 is 26.4 Å². The van der Waals surface area contributed by atoms with Crippen LogP contribution in [-0.4, -0.2) is 72.8 Å². The van der Waals surface area contributed by atoms with Crippen molar-refractivity contribution in [2.75, 3.05) is 6.61 Å². The topological polar surface area (TPSA) is 81.7 Å². The monoisotopic (exact) mass is 590 g/mol. The molecule has 4 atom stereocenters. The molecule has 1 unspecified atom stereocenters. The smallest absolute Gasteiger partial charge is 0.409 e. The summed E-state index contributed by atoms with van der Waals surface area (Å²) in [4.78, 5) is 0. The summed E-state index contributed by atoms with van der Waals surface area (Å²) in [6.45, 7) is 31.0. The van der Waals surface area contributed by atoms with E-state index in [1.807, 2.05) is 39.3 Å². The van der Waals surface area contributed by atoms with Gasteiger partial charge in [0.1, 0.15) is 18.3 Å². The average Bonchev–Trinajstić information content (AvgIpc) is 2.73. The van der Waals surface area contributed by atoms with Crippen molar-refractivity contribution in [3.05, 3.63) is 0 Å². The molecule has 1 saturated heterocycles. The fraction of sp³-hybridized carbons (Fsp3) is 1.00. The summed E-state index contributed by atoms with van der Waals surface area (Å²) in [6, 6.07) is 0. The van der Waals surface area contributed by atoms with Gasteiger partial charge in [-0.2, -0.15) is 0 Å². The molecule has 0 spiro atoms. The van der Waals surface area contributed by atoms with Gasteiger partial charge in [-0.3, -0.25) is 4.52 Å². The van der Waals surface area contributed by atoms with Gasteiger partial charge in [0, 0.05) is 0 Å². The molecule has 0 aromatic heterocycles. The second-order valence-electron chi connectivity index (χ2n) is 13.8. The number of hydrogen-bond donors (Lipinski definition) is 0. The Labute approximate surface area is 214 Å². The van der Waals surface area contributed by atoms with E-state index in [4.69, 9.17) is 31.0 Å². The summed E-state index contributed by atoms with van der Waals surface area (Å²) >= 11 is 0. The molecule has 0 N–H and O–H groups in total. The third kappa shape index (κ3) is 13.5. The van der Waals surface area contributed by atoms with Crippen LogP contribution < -0.4 is 0 Å². The van der Waals surface area contributed by atoms with Crippen molar-refractivity contribution in [2.45, 2.75) is 123 Å². The molecule has 0 aromatic carbocycles. The second kappa shape index (κ2) is 11.4. The Bertz CT molecular complexity index is 686. The molecule has 0 amide bonds. The highest BCUT2D eigenvalue weighted by Crippen LogP contribution is 2.54. The Hall–Kier alpha value is 1.03. The van der Waals surface area contributed by atoms with Crippen LogP contribution in [0.2, 0.25) is 98.2 Å². The molecule has 0 aliphatic carbocycles. The zero-order valence-electron chi connectivity index (χ0n) is 24.2. The summed E-state index contributed by atoms with van der Waals surface area (Å²) in [5, 5.41) is 0. The lowest BCUT2D eigenvalue weighted by molar-refractivity contribution is -0.117. The van der Waals surface area contributed by atoms with E-state index < -0.39 is 67.9 Å². The van der Waals surface area contributed by atoms with Crippen molar-refractivity contribution in [3.8, 4) is 0 Å². The standard InChI is InChI=1S/C20H51O8PSi5/c1-30(2,3)24-18-17(16-22-29(21,27-33(10,11)12)28-34(13,14)15)23-20(26-32(7,8)9)19(18)25-31(4,5)6/h17-20H,16H2,1-15H3/t17-,18-,19-,20?/m1/s1. The number of hydrogen-bond acceptors (Lipinski definition) is 8. The van der Waals surface area contributed by atoms with Gasteiger partial charge in [0.2, 0.25) is 0 Å². The Balaban J connectivity index is 3.28. The van der Waals surface area contributed by atoms with Crippen molar-refractivity contribution < 1.29 is 35.5 Å². The quantitative estimate of drug-likeness (QED) is 0.171. The van der Waals surface area contributed by atoms with Crippen molar-refractivity contribution >= 4 is 49.4 Å². The van der Waals surface area contributed by atoms with Crippen LogP contribution in [-0.2, 0) is 35.5 Å². The first-order valence-corrected chi connectivity index (χ1v) is 30.6. The molecule has 204 valence electrons. The summed E-state index contributed by atoms with van der Waals surface area (Å²) in [7, 11) is -14.1. The largest absolute Gasteiger partial charge is 0.455 e. The summed E-state index contributed by atoms with van der Waals surface area (Å²) in [5.74, 6) is 0. The van der Waals surface area contributed by atoms with Crippen LogP contribution in [0.25, 0.3) is 0 Å². The van der Waals surface area contributed by atoms with Crippen LogP contribution >= 0.6 is 7.82 Å². The SMILES string of the molecule is C[Si](C)(C)OC1O[C@H](COP(=O)(O[Si](C)(C)C)O[Si](C)(C)C)[C@@H](O[Si](C)(C)C)[C@H]1O[Si](C)(C)C. The van der Waals surface area contributed by atoms with Crippen LogP contribution in [0.1, 0.15) is 0 Å². The minimum absolute atomic E-state index is 0.0124. The van der Waals surface area contributed by atoms with Gasteiger partial charge in [-0.05, 0) is 98.2 Å². The summed E-state index contributed by atoms with van der Waals surface area (Å²) in [6.07, 6.45) is -1.86. The highest BCUT2D eigenvalue weighted by molar-refractivity contribution is 7.52. The Morgan fingerprint density at radius 2 is 0.971 bits per heavy atom.